The minimum atomic E-state index is -0.330. The zero-order valence-corrected chi connectivity index (χ0v) is 16.4. The quantitative estimate of drug-likeness (QED) is 0.646. The Morgan fingerprint density at radius 1 is 0.931 bits per heavy atom. The van der Waals surface area contributed by atoms with Crippen LogP contribution in [-0.2, 0) is 4.79 Å². The number of para-hydroxylation sites is 1. The van der Waals surface area contributed by atoms with E-state index >= 15 is 0 Å². The second kappa shape index (κ2) is 8.37. The molecule has 1 aliphatic rings. The molecule has 1 fully saturated rings. The summed E-state index contributed by atoms with van der Waals surface area (Å²) in [5.74, 6) is -0.0256. The molecule has 29 heavy (non-hydrogen) atoms. The van der Waals surface area contributed by atoms with Gasteiger partial charge < -0.3 is 15.5 Å². The van der Waals surface area contributed by atoms with Crippen molar-refractivity contribution in [2.24, 2.45) is 0 Å². The number of carbonyl (C=O) groups excluding carboxylic acids is 2. The monoisotopic (exact) mass is 405 g/mol. The van der Waals surface area contributed by atoms with Crippen molar-refractivity contribution in [3.63, 3.8) is 0 Å². The fraction of sp³-hybridized carbons (Fsp3) is 0.130. The highest BCUT2D eigenvalue weighted by Gasteiger charge is 2.31. The molecule has 4 rings (SSSR count). The van der Waals surface area contributed by atoms with Crippen LogP contribution in [0.1, 0.15) is 6.42 Å². The van der Waals surface area contributed by atoms with Gasteiger partial charge in [0, 0.05) is 29.2 Å². The molecule has 1 aliphatic heterocycles. The van der Waals surface area contributed by atoms with E-state index in [-0.39, 0.29) is 24.4 Å². The predicted octanol–water partition coefficient (Wildman–Crippen LogP) is 4.93. The Bertz CT molecular complexity index is 1020. The molecule has 2 N–H and O–H groups in total. The Morgan fingerprint density at radius 3 is 2.38 bits per heavy atom. The molecule has 3 aromatic rings. The second-order valence-electron chi connectivity index (χ2n) is 6.89. The molecule has 3 amide bonds. The molecule has 0 spiro atoms. The van der Waals surface area contributed by atoms with E-state index in [0.29, 0.717) is 11.6 Å². The number of urea groups is 1. The number of anilines is 2. The molecule has 1 atom stereocenters. The van der Waals surface area contributed by atoms with Crippen LogP contribution >= 0.6 is 11.6 Å². The molecule has 0 aromatic heterocycles. The van der Waals surface area contributed by atoms with Gasteiger partial charge >= 0.3 is 6.03 Å². The summed E-state index contributed by atoms with van der Waals surface area (Å²) in [7, 11) is 0. The first kappa shape index (κ1) is 19.0. The number of hydrogen-bond acceptors (Lipinski definition) is 2. The van der Waals surface area contributed by atoms with Gasteiger partial charge in [0.05, 0.1) is 11.7 Å². The lowest BCUT2D eigenvalue weighted by Gasteiger charge is -2.18. The van der Waals surface area contributed by atoms with E-state index in [2.05, 4.69) is 10.6 Å². The number of rotatable bonds is 4. The SMILES string of the molecule is O=C(Nc1ccccc1-c1ccccc1)N[C@H]1CC(=O)N(c2ccc(Cl)cc2)C1. The van der Waals surface area contributed by atoms with Crippen molar-refractivity contribution in [3.05, 3.63) is 83.9 Å². The second-order valence-corrected chi connectivity index (χ2v) is 7.33. The van der Waals surface area contributed by atoms with Crippen molar-refractivity contribution < 1.29 is 9.59 Å². The highest BCUT2D eigenvalue weighted by Crippen LogP contribution is 2.28. The summed E-state index contributed by atoms with van der Waals surface area (Å²) in [6, 6.07) is 24.0. The van der Waals surface area contributed by atoms with Gasteiger partial charge in [-0.15, -0.1) is 0 Å². The molecule has 0 radical (unpaired) electrons. The average molecular weight is 406 g/mol. The van der Waals surface area contributed by atoms with Crippen LogP contribution in [0.3, 0.4) is 0 Å². The summed E-state index contributed by atoms with van der Waals surface area (Å²) < 4.78 is 0. The summed E-state index contributed by atoms with van der Waals surface area (Å²) in [5, 5.41) is 6.44. The average Bonchev–Trinajstić information content (AvgIpc) is 3.09. The predicted molar refractivity (Wildman–Crippen MR) is 116 cm³/mol. The molecule has 0 unspecified atom stereocenters. The number of nitrogens with one attached hydrogen (secondary N) is 2. The first-order valence-electron chi connectivity index (χ1n) is 9.38. The Kier molecular flexibility index (Phi) is 5.49. The Balaban J connectivity index is 1.42. The fourth-order valence-electron chi connectivity index (χ4n) is 3.48. The Morgan fingerprint density at radius 2 is 1.62 bits per heavy atom. The topological polar surface area (TPSA) is 61.4 Å². The van der Waals surface area contributed by atoms with Crippen LogP contribution in [0.5, 0.6) is 0 Å². The van der Waals surface area contributed by atoms with Crippen molar-refractivity contribution in [3.8, 4) is 11.1 Å². The largest absolute Gasteiger partial charge is 0.333 e. The van der Waals surface area contributed by atoms with Gasteiger partial charge in [-0.3, -0.25) is 4.79 Å². The molecular formula is C23H20ClN3O2. The summed E-state index contributed by atoms with van der Waals surface area (Å²) in [6.45, 7) is 0.425. The smallest absolute Gasteiger partial charge is 0.319 e. The third kappa shape index (κ3) is 4.41. The molecule has 146 valence electrons. The summed E-state index contributed by atoms with van der Waals surface area (Å²) in [4.78, 5) is 26.6. The summed E-state index contributed by atoms with van der Waals surface area (Å²) in [6.07, 6.45) is 0.260. The van der Waals surface area contributed by atoms with Crippen LogP contribution in [0.2, 0.25) is 5.02 Å². The maximum atomic E-state index is 12.6. The van der Waals surface area contributed by atoms with Gasteiger partial charge in [0.2, 0.25) is 5.91 Å². The number of halogens is 1. The van der Waals surface area contributed by atoms with Gasteiger partial charge in [0.1, 0.15) is 0 Å². The first-order valence-corrected chi connectivity index (χ1v) is 9.76. The van der Waals surface area contributed by atoms with Crippen LogP contribution < -0.4 is 15.5 Å². The van der Waals surface area contributed by atoms with Gasteiger partial charge in [0.15, 0.2) is 0 Å². The van der Waals surface area contributed by atoms with E-state index in [4.69, 9.17) is 11.6 Å². The Labute approximate surface area is 174 Å². The van der Waals surface area contributed by atoms with Crippen molar-refractivity contribution >= 4 is 34.9 Å². The zero-order chi connectivity index (χ0) is 20.2. The minimum Gasteiger partial charge on any atom is -0.333 e. The molecule has 1 heterocycles. The third-order valence-electron chi connectivity index (χ3n) is 4.86. The maximum absolute atomic E-state index is 12.6. The lowest BCUT2D eigenvalue weighted by atomic mass is 10.0. The molecule has 0 aliphatic carbocycles. The highest BCUT2D eigenvalue weighted by molar-refractivity contribution is 6.30. The molecule has 6 heteroatoms. The number of hydrogen-bond donors (Lipinski definition) is 2. The van der Waals surface area contributed by atoms with Gasteiger partial charge in [-0.05, 0) is 35.9 Å². The lowest BCUT2D eigenvalue weighted by Crippen LogP contribution is -2.39. The van der Waals surface area contributed by atoms with Gasteiger partial charge in [0.25, 0.3) is 0 Å². The van der Waals surface area contributed by atoms with Crippen molar-refractivity contribution in [1.82, 2.24) is 5.32 Å². The van der Waals surface area contributed by atoms with Crippen molar-refractivity contribution in [1.29, 1.82) is 0 Å². The van der Waals surface area contributed by atoms with E-state index in [0.717, 1.165) is 22.5 Å². The molecule has 5 nitrogen and oxygen atoms in total. The molecule has 0 bridgehead atoms. The minimum absolute atomic E-state index is 0.0256. The van der Waals surface area contributed by atoms with Crippen LogP contribution in [-0.4, -0.2) is 24.5 Å². The maximum Gasteiger partial charge on any atom is 0.319 e. The molecule has 3 aromatic carbocycles. The zero-order valence-electron chi connectivity index (χ0n) is 15.6. The molecular weight excluding hydrogens is 386 g/mol. The highest BCUT2D eigenvalue weighted by atomic mass is 35.5. The van der Waals surface area contributed by atoms with E-state index in [1.807, 2.05) is 54.6 Å². The van der Waals surface area contributed by atoms with E-state index in [9.17, 15) is 9.59 Å². The van der Waals surface area contributed by atoms with E-state index in [1.165, 1.54) is 0 Å². The van der Waals surface area contributed by atoms with Crippen LogP contribution in [0.4, 0.5) is 16.2 Å². The Hall–Kier alpha value is -3.31. The normalized spacial score (nSPS) is 16.0. The first-order chi connectivity index (χ1) is 14.1. The van der Waals surface area contributed by atoms with Gasteiger partial charge in [-0.2, -0.15) is 0 Å². The van der Waals surface area contributed by atoms with Gasteiger partial charge in [-0.1, -0.05) is 60.1 Å². The van der Waals surface area contributed by atoms with Crippen molar-refractivity contribution in [2.45, 2.75) is 12.5 Å². The van der Waals surface area contributed by atoms with Gasteiger partial charge in [-0.25, -0.2) is 4.79 Å². The van der Waals surface area contributed by atoms with Crippen LogP contribution in [0, 0.1) is 0 Å². The standard InChI is InChI=1S/C23H20ClN3O2/c24-17-10-12-19(13-11-17)27-15-18(14-22(27)28)25-23(29)26-21-9-5-4-8-20(21)16-6-2-1-3-7-16/h1-13,18H,14-15H2,(H2,25,26,29)/t18-/m0/s1. The number of benzene rings is 3. The number of nitrogens with zero attached hydrogens (tertiary/aromatic N) is 1. The van der Waals surface area contributed by atoms with Crippen LogP contribution in [0.15, 0.2) is 78.9 Å². The fourth-order valence-corrected chi connectivity index (χ4v) is 3.61. The molecule has 0 saturated carbocycles. The van der Waals surface area contributed by atoms with E-state index < -0.39 is 0 Å². The van der Waals surface area contributed by atoms with Crippen molar-refractivity contribution in [2.75, 3.05) is 16.8 Å². The lowest BCUT2D eigenvalue weighted by molar-refractivity contribution is -0.117. The summed E-state index contributed by atoms with van der Waals surface area (Å²) >= 11 is 5.92. The third-order valence-corrected chi connectivity index (χ3v) is 5.11. The molecule has 1 saturated heterocycles. The summed E-state index contributed by atoms with van der Waals surface area (Å²) in [5.41, 5.74) is 3.45. The van der Waals surface area contributed by atoms with E-state index in [1.54, 1.807) is 29.2 Å². The van der Waals surface area contributed by atoms with Crippen LogP contribution in [0.25, 0.3) is 11.1 Å². The number of amides is 3. The number of carbonyl (C=O) groups is 2.